The van der Waals surface area contributed by atoms with Gasteiger partial charge in [-0.2, -0.15) is 0 Å². The van der Waals surface area contributed by atoms with Crippen LogP contribution in [0.25, 0.3) is 0 Å². The van der Waals surface area contributed by atoms with Gasteiger partial charge in [-0.1, -0.05) is 20.8 Å². The number of piperazine rings is 1. The summed E-state index contributed by atoms with van der Waals surface area (Å²) in [4.78, 5) is 2.43. The zero-order chi connectivity index (χ0) is 14.0. The van der Waals surface area contributed by atoms with E-state index in [9.17, 15) is 8.42 Å². The minimum Gasteiger partial charge on any atom is -0.311 e. The molecule has 2 fully saturated rings. The molecule has 112 valence electrons. The molecule has 0 saturated carbocycles. The molecule has 3 unspecified atom stereocenters. The van der Waals surface area contributed by atoms with Gasteiger partial charge in [0, 0.05) is 31.7 Å². The molecule has 2 aliphatic heterocycles. The number of sulfone groups is 1. The van der Waals surface area contributed by atoms with Gasteiger partial charge < -0.3 is 5.32 Å². The molecule has 0 bridgehead atoms. The van der Waals surface area contributed by atoms with Crippen molar-refractivity contribution in [1.82, 2.24) is 10.2 Å². The number of rotatable bonds is 4. The summed E-state index contributed by atoms with van der Waals surface area (Å²) >= 11 is 0. The van der Waals surface area contributed by atoms with E-state index in [2.05, 4.69) is 31.0 Å². The van der Waals surface area contributed by atoms with Crippen LogP contribution >= 0.6 is 0 Å². The van der Waals surface area contributed by atoms with E-state index >= 15 is 0 Å². The van der Waals surface area contributed by atoms with Crippen molar-refractivity contribution in [2.24, 2.45) is 5.92 Å². The lowest BCUT2D eigenvalue weighted by Crippen LogP contribution is -2.59. The van der Waals surface area contributed by atoms with Crippen molar-refractivity contribution in [2.45, 2.75) is 57.4 Å². The second-order valence-corrected chi connectivity index (χ2v) is 8.81. The molecule has 0 amide bonds. The van der Waals surface area contributed by atoms with Crippen LogP contribution in [0.2, 0.25) is 0 Å². The molecule has 2 heterocycles. The number of nitrogens with zero attached hydrogens (tertiary/aromatic N) is 1. The van der Waals surface area contributed by atoms with Crippen LogP contribution in [0.1, 0.15) is 40.0 Å². The maximum atomic E-state index is 12.0. The third kappa shape index (κ3) is 3.50. The van der Waals surface area contributed by atoms with Crippen LogP contribution in [-0.2, 0) is 9.84 Å². The Bertz CT molecular complexity index is 394. The van der Waals surface area contributed by atoms with Crippen molar-refractivity contribution in [2.75, 3.05) is 25.4 Å². The average molecular weight is 288 g/mol. The average Bonchev–Trinajstić information content (AvgIpc) is 2.68. The van der Waals surface area contributed by atoms with Gasteiger partial charge >= 0.3 is 0 Å². The van der Waals surface area contributed by atoms with Gasteiger partial charge in [-0.25, -0.2) is 8.42 Å². The molecular formula is C14H28N2O2S. The molecule has 1 N–H and O–H groups in total. The first-order valence-electron chi connectivity index (χ1n) is 7.63. The number of nitrogens with one attached hydrogen (secondary N) is 1. The second-order valence-electron chi connectivity index (χ2n) is 6.41. The fraction of sp³-hybridized carbons (Fsp3) is 1.00. The molecule has 0 aromatic carbocycles. The summed E-state index contributed by atoms with van der Waals surface area (Å²) in [5, 5.41) is 3.46. The Hall–Kier alpha value is -0.130. The van der Waals surface area contributed by atoms with Crippen molar-refractivity contribution >= 4 is 9.84 Å². The molecule has 19 heavy (non-hydrogen) atoms. The Kier molecular flexibility index (Phi) is 4.90. The Balaban J connectivity index is 2.05. The molecule has 0 aromatic rings. The predicted molar refractivity (Wildman–Crippen MR) is 79.1 cm³/mol. The lowest BCUT2D eigenvalue weighted by atomic mass is 9.97. The molecule has 4 nitrogen and oxygen atoms in total. The van der Waals surface area contributed by atoms with Gasteiger partial charge in [-0.15, -0.1) is 0 Å². The molecule has 3 atom stereocenters. The van der Waals surface area contributed by atoms with Gasteiger partial charge in [0.25, 0.3) is 0 Å². The fourth-order valence-electron chi connectivity index (χ4n) is 3.37. The zero-order valence-corrected chi connectivity index (χ0v) is 13.2. The van der Waals surface area contributed by atoms with E-state index in [0.29, 0.717) is 23.8 Å². The summed E-state index contributed by atoms with van der Waals surface area (Å²) in [5.41, 5.74) is 0. The zero-order valence-electron chi connectivity index (χ0n) is 12.4. The van der Waals surface area contributed by atoms with E-state index in [0.717, 1.165) is 38.9 Å². The van der Waals surface area contributed by atoms with Crippen molar-refractivity contribution in [3.8, 4) is 0 Å². The van der Waals surface area contributed by atoms with E-state index in [1.165, 1.54) is 0 Å². The van der Waals surface area contributed by atoms with Crippen LogP contribution in [0, 0.1) is 5.92 Å². The van der Waals surface area contributed by atoms with Crippen molar-refractivity contribution < 1.29 is 8.42 Å². The normalized spacial score (nSPS) is 35.9. The van der Waals surface area contributed by atoms with Gasteiger partial charge in [0.15, 0.2) is 9.84 Å². The highest BCUT2D eigenvalue weighted by Crippen LogP contribution is 2.24. The first-order chi connectivity index (χ1) is 8.94. The summed E-state index contributed by atoms with van der Waals surface area (Å²) in [5.74, 6) is 0.960. The second kappa shape index (κ2) is 6.10. The van der Waals surface area contributed by atoms with E-state index in [1.807, 2.05) is 0 Å². The molecule has 0 aliphatic carbocycles. The summed E-state index contributed by atoms with van der Waals surface area (Å²) in [6.07, 6.45) is 2.81. The van der Waals surface area contributed by atoms with Gasteiger partial charge in [0.1, 0.15) is 0 Å². The van der Waals surface area contributed by atoms with Crippen molar-refractivity contribution in [3.05, 3.63) is 0 Å². The van der Waals surface area contributed by atoms with Crippen molar-refractivity contribution in [1.29, 1.82) is 0 Å². The van der Waals surface area contributed by atoms with E-state index in [4.69, 9.17) is 0 Å². The molecule has 2 aliphatic rings. The van der Waals surface area contributed by atoms with Crippen LogP contribution in [0.5, 0.6) is 0 Å². The quantitative estimate of drug-likeness (QED) is 0.846. The third-order valence-corrected chi connectivity index (χ3v) is 6.96. The van der Waals surface area contributed by atoms with Crippen molar-refractivity contribution in [3.63, 3.8) is 0 Å². The maximum absolute atomic E-state index is 12.0. The third-order valence-electron chi connectivity index (χ3n) is 4.70. The number of hydrogen-bond donors (Lipinski definition) is 1. The van der Waals surface area contributed by atoms with Gasteiger partial charge in [0.2, 0.25) is 0 Å². The van der Waals surface area contributed by atoms with E-state index in [-0.39, 0.29) is 5.25 Å². The Labute approximate surface area is 117 Å². The minimum absolute atomic E-state index is 0.121. The minimum atomic E-state index is -2.82. The molecule has 0 spiro atoms. The lowest BCUT2D eigenvalue weighted by Gasteiger charge is -2.43. The van der Waals surface area contributed by atoms with E-state index in [1.54, 1.807) is 0 Å². The van der Waals surface area contributed by atoms with Crippen LogP contribution in [0.15, 0.2) is 0 Å². The number of hydrogen-bond acceptors (Lipinski definition) is 4. The van der Waals surface area contributed by atoms with Crippen LogP contribution in [0.4, 0.5) is 0 Å². The largest absolute Gasteiger partial charge is 0.311 e. The smallest absolute Gasteiger partial charge is 0.154 e. The Morgan fingerprint density at radius 1 is 1.37 bits per heavy atom. The lowest BCUT2D eigenvalue weighted by molar-refractivity contribution is 0.0968. The molecule has 5 heteroatoms. The molecule has 0 aromatic heterocycles. The topological polar surface area (TPSA) is 49.4 Å². The van der Waals surface area contributed by atoms with Crippen LogP contribution in [-0.4, -0.2) is 56.0 Å². The fourth-order valence-corrected chi connectivity index (χ4v) is 5.21. The highest BCUT2D eigenvalue weighted by Gasteiger charge is 2.37. The highest BCUT2D eigenvalue weighted by atomic mass is 32.2. The summed E-state index contributed by atoms with van der Waals surface area (Å²) in [6, 6.07) is 0.984. The molecule has 2 saturated heterocycles. The Morgan fingerprint density at radius 2 is 2.11 bits per heavy atom. The van der Waals surface area contributed by atoms with Gasteiger partial charge in [-0.05, 0) is 25.2 Å². The monoisotopic (exact) mass is 288 g/mol. The predicted octanol–water partition coefficient (Wildman–Crippen LogP) is 1.27. The van der Waals surface area contributed by atoms with Crippen LogP contribution in [0.3, 0.4) is 0 Å². The molecule has 2 rings (SSSR count). The van der Waals surface area contributed by atoms with Gasteiger partial charge in [0.05, 0.1) is 11.0 Å². The first-order valence-corrected chi connectivity index (χ1v) is 9.34. The molecular weight excluding hydrogens is 260 g/mol. The van der Waals surface area contributed by atoms with Crippen LogP contribution < -0.4 is 5.32 Å². The standard InChI is InChI=1S/C14H28N2O2S/c1-4-12-9-16(14(8-15-12)11(2)3)10-13-6-5-7-19(13,17)18/h11-15H,4-10H2,1-3H3. The molecule has 0 radical (unpaired) electrons. The SMILES string of the molecule is CCC1CN(CC2CCCS2(=O)=O)C(C(C)C)CN1. The Morgan fingerprint density at radius 3 is 2.63 bits per heavy atom. The van der Waals surface area contributed by atoms with Gasteiger partial charge in [-0.3, -0.25) is 4.90 Å². The highest BCUT2D eigenvalue weighted by molar-refractivity contribution is 7.92. The summed E-state index contributed by atoms with van der Waals surface area (Å²) in [6.45, 7) is 9.37. The summed E-state index contributed by atoms with van der Waals surface area (Å²) in [7, 11) is -2.82. The van der Waals surface area contributed by atoms with E-state index < -0.39 is 9.84 Å². The summed E-state index contributed by atoms with van der Waals surface area (Å²) < 4.78 is 24.0. The maximum Gasteiger partial charge on any atom is 0.154 e. The first kappa shape index (κ1) is 15.3.